The van der Waals surface area contributed by atoms with Gasteiger partial charge in [-0.05, 0) is 53.1 Å². The zero-order valence-corrected chi connectivity index (χ0v) is 15.3. The Morgan fingerprint density at radius 2 is 1.86 bits per heavy atom. The van der Waals surface area contributed by atoms with Crippen LogP contribution in [0.15, 0.2) is 0 Å². The molecule has 0 aliphatic carbocycles. The van der Waals surface area contributed by atoms with Gasteiger partial charge in [-0.1, -0.05) is 33.6 Å². The molecule has 136 valence electrons. The molecule has 2 nitrogen and oxygen atoms in total. The summed E-state index contributed by atoms with van der Waals surface area (Å²) < 4.78 is 36.8. The number of hydrogen-bond acceptors (Lipinski definition) is 2. The van der Waals surface area contributed by atoms with Crippen molar-refractivity contribution < 1.29 is 13.2 Å². The number of halogens is 3. The summed E-state index contributed by atoms with van der Waals surface area (Å²) in [6.45, 7) is 11.0. The fraction of sp³-hybridized carbons (Fsp3) is 1.00. The maximum atomic E-state index is 12.3. The average molecular weight is 326 g/mol. The third-order valence-corrected chi connectivity index (χ3v) is 3.81. The van der Waals surface area contributed by atoms with Crippen LogP contribution in [0.25, 0.3) is 0 Å². The topological polar surface area (TPSA) is 24.1 Å². The van der Waals surface area contributed by atoms with Crippen molar-refractivity contribution in [3.63, 3.8) is 0 Å². The van der Waals surface area contributed by atoms with Gasteiger partial charge in [-0.15, -0.1) is 0 Å². The first-order valence-corrected chi connectivity index (χ1v) is 8.78. The van der Waals surface area contributed by atoms with E-state index in [-0.39, 0.29) is 18.9 Å². The molecule has 0 aromatic carbocycles. The van der Waals surface area contributed by atoms with E-state index in [9.17, 15) is 13.2 Å². The lowest BCUT2D eigenvalue weighted by atomic mass is 9.97. The normalized spacial score (nSPS) is 23.3. The van der Waals surface area contributed by atoms with E-state index in [4.69, 9.17) is 0 Å². The standard InChI is InChI=1S/C8H14F3N.C7H17N.C2H6/c1-6-5-7(8(9,10)11)3-2-4-12-6;1-4-5-6-7(2)8-3;1-2/h6-7,12H,2-5H2,1H3;7-8H,4-6H2,1-3H3;1-2H3. The lowest BCUT2D eigenvalue weighted by Crippen LogP contribution is -2.29. The summed E-state index contributed by atoms with van der Waals surface area (Å²) in [5, 5.41) is 6.25. The highest BCUT2D eigenvalue weighted by Crippen LogP contribution is 2.34. The van der Waals surface area contributed by atoms with E-state index in [2.05, 4.69) is 24.5 Å². The van der Waals surface area contributed by atoms with Gasteiger partial charge in [-0.25, -0.2) is 0 Å². The highest BCUT2D eigenvalue weighted by atomic mass is 19.4. The third-order valence-electron chi connectivity index (χ3n) is 3.81. The molecule has 1 aliphatic rings. The highest BCUT2D eigenvalue weighted by molar-refractivity contribution is 4.77. The van der Waals surface area contributed by atoms with Gasteiger partial charge in [0.1, 0.15) is 0 Å². The minimum absolute atomic E-state index is 0.000810. The molecule has 0 aromatic rings. The lowest BCUT2D eigenvalue weighted by molar-refractivity contribution is -0.178. The van der Waals surface area contributed by atoms with Crippen LogP contribution in [0.4, 0.5) is 13.2 Å². The molecule has 0 radical (unpaired) electrons. The Bertz CT molecular complexity index is 232. The average Bonchev–Trinajstić information content (AvgIpc) is 2.72. The molecule has 3 atom stereocenters. The second-order valence-electron chi connectivity index (χ2n) is 5.80. The van der Waals surface area contributed by atoms with Crippen LogP contribution in [-0.4, -0.2) is 31.9 Å². The van der Waals surface area contributed by atoms with E-state index >= 15 is 0 Å². The van der Waals surface area contributed by atoms with Crippen molar-refractivity contribution in [1.82, 2.24) is 10.6 Å². The molecule has 3 unspecified atom stereocenters. The first-order valence-electron chi connectivity index (χ1n) is 8.78. The summed E-state index contributed by atoms with van der Waals surface area (Å²) in [5.74, 6) is -1.09. The molecule has 1 heterocycles. The lowest BCUT2D eigenvalue weighted by Gasteiger charge is -2.19. The van der Waals surface area contributed by atoms with Crippen molar-refractivity contribution >= 4 is 0 Å². The van der Waals surface area contributed by atoms with Crippen LogP contribution in [0.1, 0.15) is 73.1 Å². The van der Waals surface area contributed by atoms with Crippen LogP contribution in [0.2, 0.25) is 0 Å². The quantitative estimate of drug-likeness (QED) is 0.747. The van der Waals surface area contributed by atoms with Gasteiger partial charge < -0.3 is 10.6 Å². The Kier molecular flexibility index (Phi) is 15.6. The SMILES string of the molecule is CC.CC1CC(C(F)(F)F)CCCN1.CCCCC(C)NC. The molecule has 22 heavy (non-hydrogen) atoms. The molecule has 0 spiro atoms. The molecular formula is C17H37F3N2. The van der Waals surface area contributed by atoms with E-state index in [0.29, 0.717) is 19.0 Å². The number of rotatable bonds is 4. The minimum atomic E-state index is -4.00. The van der Waals surface area contributed by atoms with Gasteiger partial charge in [0.25, 0.3) is 0 Å². The van der Waals surface area contributed by atoms with Gasteiger partial charge in [0, 0.05) is 12.1 Å². The Morgan fingerprint density at radius 1 is 1.27 bits per heavy atom. The van der Waals surface area contributed by atoms with Gasteiger partial charge in [0.05, 0.1) is 5.92 Å². The molecule has 2 N–H and O–H groups in total. The summed E-state index contributed by atoms with van der Waals surface area (Å²) in [5.41, 5.74) is 0. The first kappa shape index (κ1) is 24.0. The molecular weight excluding hydrogens is 289 g/mol. The predicted molar refractivity (Wildman–Crippen MR) is 90.3 cm³/mol. The van der Waals surface area contributed by atoms with Crippen LogP contribution in [-0.2, 0) is 0 Å². The van der Waals surface area contributed by atoms with E-state index in [1.807, 2.05) is 27.8 Å². The number of nitrogens with one attached hydrogen (secondary N) is 2. The molecule has 5 heteroatoms. The van der Waals surface area contributed by atoms with E-state index < -0.39 is 12.1 Å². The van der Waals surface area contributed by atoms with Crippen LogP contribution < -0.4 is 10.6 Å². The maximum Gasteiger partial charge on any atom is 0.391 e. The molecule has 0 amide bonds. The van der Waals surface area contributed by atoms with E-state index in [1.165, 1.54) is 19.3 Å². The number of unbranched alkanes of at least 4 members (excludes halogenated alkanes) is 1. The van der Waals surface area contributed by atoms with Gasteiger partial charge in [-0.2, -0.15) is 13.2 Å². The number of alkyl halides is 3. The molecule has 0 aromatic heterocycles. The highest BCUT2D eigenvalue weighted by Gasteiger charge is 2.40. The van der Waals surface area contributed by atoms with Crippen LogP contribution in [0.5, 0.6) is 0 Å². The zero-order chi connectivity index (χ0) is 17.6. The van der Waals surface area contributed by atoms with E-state index in [1.54, 1.807) is 0 Å². The fourth-order valence-corrected chi connectivity index (χ4v) is 2.28. The van der Waals surface area contributed by atoms with Crippen molar-refractivity contribution in [2.24, 2.45) is 5.92 Å². The van der Waals surface area contributed by atoms with Crippen LogP contribution in [0, 0.1) is 5.92 Å². The van der Waals surface area contributed by atoms with Crippen molar-refractivity contribution in [3.8, 4) is 0 Å². The summed E-state index contributed by atoms with van der Waals surface area (Å²) in [6.07, 6.45) is 1.11. The van der Waals surface area contributed by atoms with Gasteiger partial charge in [0.2, 0.25) is 0 Å². The van der Waals surface area contributed by atoms with Crippen molar-refractivity contribution in [3.05, 3.63) is 0 Å². The predicted octanol–water partition coefficient (Wildman–Crippen LogP) is 5.14. The number of hydrogen-bond donors (Lipinski definition) is 2. The van der Waals surface area contributed by atoms with Gasteiger partial charge in [0.15, 0.2) is 0 Å². The summed E-state index contributed by atoms with van der Waals surface area (Å²) >= 11 is 0. The summed E-state index contributed by atoms with van der Waals surface area (Å²) in [6, 6.07) is 0.703. The second-order valence-corrected chi connectivity index (χ2v) is 5.80. The minimum Gasteiger partial charge on any atom is -0.317 e. The smallest absolute Gasteiger partial charge is 0.317 e. The van der Waals surface area contributed by atoms with Crippen LogP contribution >= 0.6 is 0 Å². The third kappa shape index (κ3) is 13.4. The van der Waals surface area contributed by atoms with Gasteiger partial charge >= 0.3 is 6.18 Å². The Labute approximate surface area is 135 Å². The molecule has 1 fully saturated rings. The summed E-state index contributed by atoms with van der Waals surface area (Å²) in [7, 11) is 2.01. The zero-order valence-electron chi connectivity index (χ0n) is 15.3. The van der Waals surface area contributed by atoms with Crippen molar-refractivity contribution in [2.45, 2.75) is 91.4 Å². The molecule has 0 bridgehead atoms. The Morgan fingerprint density at radius 3 is 2.32 bits per heavy atom. The van der Waals surface area contributed by atoms with Crippen LogP contribution in [0.3, 0.4) is 0 Å². The van der Waals surface area contributed by atoms with Gasteiger partial charge in [-0.3, -0.25) is 0 Å². The molecule has 1 rings (SSSR count). The Balaban J connectivity index is 0. The molecule has 0 saturated carbocycles. The fourth-order valence-electron chi connectivity index (χ4n) is 2.28. The maximum absolute atomic E-state index is 12.3. The first-order chi connectivity index (χ1) is 10.3. The summed E-state index contributed by atoms with van der Waals surface area (Å²) in [4.78, 5) is 0. The monoisotopic (exact) mass is 326 g/mol. The molecule has 1 aliphatic heterocycles. The second kappa shape index (κ2) is 14.3. The van der Waals surface area contributed by atoms with E-state index in [0.717, 1.165) is 0 Å². The largest absolute Gasteiger partial charge is 0.391 e. The van der Waals surface area contributed by atoms with Crippen molar-refractivity contribution in [1.29, 1.82) is 0 Å². The van der Waals surface area contributed by atoms with Crippen molar-refractivity contribution in [2.75, 3.05) is 13.6 Å². The Hall–Kier alpha value is -0.290. The molecule has 1 saturated heterocycles.